The molecule has 0 aliphatic carbocycles. The minimum atomic E-state index is 0.606. The fourth-order valence-corrected chi connectivity index (χ4v) is 1.41. The summed E-state index contributed by atoms with van der Waals surface area (Å²) in [5.41, 5.74) is 2.02. The molecule has 0 fully saturated rings. The Morgan fingerprint density at radius 1 is 1.13 bits per heavy atom. The molecule has 1 rings (SSSR count). The van der Waals surface area contributed by atoms with E-state index >= 15 is 0 Å². The first-order chi connectivity index (χ1) is 7.31. The molecule has 0 atom stereocenters. The third-order valence-corrected chi connectivity index (χ3v) is 2.37. The number of nitrogens with one attached hydrogen (secondary N) is 1. The van der Waals surface area contributed by atoms with Crippen LogP contribution in [0.1, 0.15) is 31.7 Å². The molecule has 0 radical (unpaired) electrons. The molecular weight excluding hydrogens is 212 g/mol. The van der Waals surface area contributed by atoms with Gasteiger partial charge in [-0.1, -0.05) is 13.8 Å². The molecule has 0 amide bonds. The van der Waals surface area contributed by atoms with Gasteiger partial charge in [-0.15, -0.1) is 16.7 Å². The summed E-state index contributed by atoms with van der Waals surface area (Å²) < 4.78 is 0. The van der Waals surface area contributed by atoms with Crippen molar-refractivity contribution in [3.63, 3.8) is 0 Å². The summed E-state index contributed by atoms with van der Waals surface area (Å²) in [5.74, 6) is 1.25. The molecular formula is C10H17ClN4. The van der Waals surface area contributed by atoms with E-state index in [1.165, 1.54) is 0 Å². The van der Waals surface area contributed by atoms with Gasteiger partial charge in [-0.2, -0.15) is 5.10 Å². The van der Waals surface area contributed by atoms with E-state index in [1.807, 2.05) is 0 Å². The maximum atomic E-state index is 5.58. The second kappa shape index (κ2) is 6.56. The van der Waals surface area contributed by atoms with Crippen molar-refractivity contribution in [2.75, 3.05) is 17.7 Å². The van der Waals surface area contributed by atoms with Gasteiger partial charge in [-0.05, 0) is 19.3 Å². The Morgan fingerprint density at radius 3 is 2.47 bits per heavy atom. The number of hydrogen-bond acceptors (Lipinski definition) is 4. The minimum Gasteiger partial charge on any atom is -0.353 e. The lowest BCUT2D eigenvalue weighted by Gasteiger charge is -2.06. The van der Waals surface area contributed by atoms with Crippen LogP contribution in [0.5, 0.6) is 0 Å². The van der Waals surface area contributed by atoms with Crippen molar-refractivity contribution < 1.29 is 0 Å². The van der Waals surface area contributed by atoms with E-state index in [1.54, 1.807) is 0 Å². The summed E-state index contributed by atoms with van der Waals surface area (Å²) in [6.45, 7) is 4.93. The van der Waals surface area contributed by atoms with E-state index in [4.69, 9.17) is 11.6 Å². The van der Waals surface area contributed by atoms with Crippen molar-refractivity contribution in [3.8, 4) is 0 Å². The lowest BCUT2D eigenvalue weighted by molar-refractivity contribution is 0.815. The smallest absolute Gasteiger partial charge is 0.242 e. The van der Waals surface area contributed by atoms with Gasteiger partial charge in [0.15, 0.2) is 0 Å². The first-order valence-corrected chi connectivity index (χ1v) is 5.87. The number of halogens is 1. The van der Waals surface area contributed by atoms with E-state index in [-0.39, 0.29) is 0 Å². The number of nitrogens with zero attached hydrogens (tertiary/aromatic N) is 3. The maximum Gasteiger partial charge on any atom is 0.242 e. The standard InChI is InChI=1S/C10H17ClN4/c1-3-8-9(4-2)14-15-10(13-8)12-7-5-6-11/h3-7H2,1-2H3,(H,12,13,15). The second-order valence-electron chi connectivity index (χ2n) is 3.21. The highest BCUT2D eigenvalue weighted by Crippen LogP contribution is 2.06. The summed E-state index contributed by atoms with van der Waals surface area (Å²) >= 11 is 5.58. The predicted molar refractivity (Wildman–Crippen MR) is 62.4 cm³/mol. The Labute approximate surface area is 95.5 Å². The van der Waals surface area contributed by atoms with Gasteiger partial charge < -0.3 is 5.32 Å². The summed E-state index contributed by atoms with van der Waals surface area (Å²) in [6.07, 6.45) is 2.68. The predicted octanol–water partition coefficient (Wildman–Crippen LogP) is 2.04. The Hall–Kier alpha value is -0.900. The quantitative estimate of drug-likeness (QED) is 0.598. The summed E-state index contributed by atoms with van der Waals surface area (Å²) in [6, 6.07) is 0. The van der Waals surface area contributed by atoms with E-state index in [0.717, 1.165) is 37.2 Å². The van der Waals surface area contributed by atoms with Crippen LogP contribution in [0.2, 0.25) is 0 Å². The van der Waals surface area contributed by atoms with E-state index in [2.05, 4.69) is 34.3 Å². The molecule has 0 saturated heterocycles. The Balaban J connectivity index is 2.66. The van der Waals surface area contributed by atoms with Crippen LogP contribution >= 0.6 is 11.6 Å². The van der Waals surface area contributed by atoms with Gasteiger partial charge in [0.25, 0.3) is 0 Å². The van der Waals surface area contributed by atoms with Crippen LogP contribution in [0, 0.1) is 0 Å². The summed E-state index contributed by atoms with van der Waals surface area (Å²) in [7, 11) is 0. The zero-order valence-corrected chi connectivity index (χ0v) is 10.0. The molecule has 1 N–H and O–H groups in total. The average molecular weight is 229 g/mol. The fourth-order valence-electron chi connectivity index (χ4n) is 1.28. The van der Waals surface area contributed by atoms with Gasteiger partial charge in [0.05, 0.1) is 11.4 Å². The van der Waals surface area contributed by atoms with Crippen molar-refractivity contribution in [1.82, 2.24) is 15.2 Å². The molecule has 15 heavy (non-hydrogen) atoms. The van der Waals surface area contributed by atoms with Crippen molar-refractivity contribution >= 4 is 17.5 Å². The van der Waals surface area contributed by atoms with Gasteiger partial charge in [0.2, 0.25) is 5.95 Å². The molecule has 5 heteroatoms. The molecule has 84 valence electrons. The van der Waals surface area contributed by atoms with Gasteiger partial charge in [0, 0.05) is 12.4 Å². The largest absolute Gasteiger partial charge is 0.353 e. The van der Waals surface area contributed by atoms with Crippen LogP contribution in [0.15, 0.2) is 0 Å². The fraction of sp³-hybridized carbons (Fsp3) is 0.700. The Bertz CT molecular complexity index is 303. The van der Waals surface area contributed by atoms with Gasteiger partial charge >= 0.3 is 0 Å². The van der Waals surface area contributed by atoms with Crippen LogP contribution in [-0.2, 0) is 12.8 Å². The molecule has 0 aliphatic rings. The normalized spacial score (nSPS) is 10.3. The maximum absolute atomic E-state index is 5.58. The van der Waals surface area contributed by atoms with Crippen molar-refractivity contribution in [3.05, 3.63) is 11.4 Å². The highest BCUT2D eigenvalue weighted by atomic mass is 35.5. The molecule has 4 nitrogen and oxygen atoms in total. The number of aryl methyl sites for hydroxylation is 2. The van der Waals surface area contributed by atoms with Gasteiger partial charge in [0.1, 0.15) is 0 Å². The van der Waals surface area contributed by atoms with Crippen LogP contribution < -0.4 is 5.32 Å². The molecule has 0 saturated carbocycles. The molecule has 1 aromatic heterocycles. The topological polar surface area (TPSA) is 50.7 Å². The van der Waals surface area contributed by atoms with Crippen molar-refractivity contribution in [2.45, 2.75) is 33.1 Å². The minimum absolute atomic E-state index is 0.606. The summed E-state index contributed by atoms with van der Waals surface area (Å²) in [5, 5.41) is 11.3. The van der Waals surface area contributed by atoms with E-state index in [0.29, 0.717) is 11.8 Å². The zero-order valence-electron chi connectivity index (χ0n) is 9.26. The van der Waals surface area contributed by atoms with E-state index in [9.17, 15) is 0 Å². The molecule has 0 unspecified atom stereocenters. The monoisotopic (exact) mass is 228 g/mol. The summed E-state index contributed by atoms with van der Waals surface area (Å²) in [4.78, 5) is 4.41. The van der Waals surface area contributed by atoms with Gasteiger partial charge in [-0.25, -0.2) is 4.98 Å². The van der Waals surface area contributed by atoms with Crippen LogP contribution in [0.25, 0.3) is 0 Å². The van der Waals surface area contributed by atoms with E-state index < -0.39 is 0 Å². The van der Waals surface area contributed by atoms with Crippen LogP contribution in [-0.4, -0.2) is 27.6 Å². The Morgan fingerprint density at radius 2 is 1.87 bits per heavy atom. The lowest BCUT2D eigenvalue weighted by Crippen LogP contribution is -2.10. The number of anilines is 1. The molecule has 1 heterocycles. The van der Waals surface area contributed by atoms with Gasteiger partial charge in [-0.3, -0.25) is 0 Å². The molecule has 0 spiro atoms. The molecule has 0 aliphatic heterocycles. The lowest BCUT2D eigenvalue weighted by atomic mass is 10.2. The SMILES string of the molecule is CCc1nnc(NCCCCl)nc1CC. The van der Waals surface area contributed by atoms with Crippen molar-refractivity contribution in [1.29, 1.82) is 0 Å². The number of alkyl halides is 1. The highest BCUT2D eigenvalue weighted by molar-refractivity contribution is 6.17. The second-order valence-corrected chi connectivity index (χ2v) is 3.58. The molecule has 1 aromatic rings. The van der Waals surface area contributed by atoms with Crippen LogP contribution in [0.3, 0.4) is 0 Å². The molecule has 0 bridgehead atoms. The Kier molecular flexibility index (Phi) is 5.32. The molecule has 0 aromatic carbocycles. The first kappa shape index (κ1) is 12.2. The third kappa shape index (κ3) is 3.63. The average Bonchev–Trinajstić information content (AvgIpc) is 2.29. The van der Waals surface area contributed by atoms with Crippen LogP contribution in [0.4, 0.5) is 5.95 Å². The first-order valence-electron chi connectivity index (χ1n) is 5.34. The third-order valence-electron chi connectivity index (χ3n) is 2.10. The zero-order chi connectivity index (χ0) is 11.1. The highest BCUT2D eigenvalue weighted by Gasteiger charge is 2.04. The number of rotatable bonds is 6. The number of hydrogen-bond donors (Lipinski definition) is 1. The van der Waals surface area contributed by atoms with Crippen molar-refractivity contribution in [2.24, 2.45) is 0 Å². The number of aromatic nitrogens is 3.